The van der Waals surface area contributed by atoms with Crippen LogP contribution in [0.1, 0.15) is 38.4 Å². The molecule has 0 aromatic carbocycles. The summed E-state index contributed by atoms with van der Waals surface area (Å²) >= 11 is 6.37. The van der Waals surface area contributed by atoms with Crippen LogP contribution in [0.2, 0.25) is 5.02 Å². The number of nitrogens with one attached hydrogen (secondary N) is 1. The molecule has 33 heavy (non-hydrogen) atoms. The van der Waals surface area contributed by atoms with Gasteiger partial charge in [0.05, 0.1) is 29.2 Å². The lowest BCUT2D eigenvalue weighted by molar-refractivity contribution is -0.216. The number of alkyl halides is 3. The summed E-state index contributed by atoms with van der Waals surface area (Å²) in [5, 5.41) is 20.8. The fourth-order valence-corrected chi connectivity index (χ4v) is 4.74. The summed E-state index contributed by atoms with van der Waals surface area (Å²) in [4.78, 5) is 8.63. The van der Waals surface area contributed by atoms with Crippen LogP contribution < -0.4 is 5.32 Å². The van der Waals surface area contributed by atoms with Crippen LogP contribution in [0, 0.1) is 0 Å². The maximum absolute atomic E-state index is 14.0. The van der Waals surface area contributed by atoms with Crippen molar-refractivity contribution in [3.8, 4) is 22.8 Å². The van der Waals surface area contributed by atoms with Crippen molar-refractivity contribution in [1.29, 1.82) is 0 Å². The summed E-state index contributed by atoms with van der Waals surface area (Å²) in [5.41, 5.74) is -0.0602. The van der Waals surface area contributed by atoms with E-state index in [0.29, 0.717) is 59.7 Å². The fraction of sp³-hybridized carbons (Fsp3) is 0.524. The second kappa shape index (κ2) is 7.98. The van der Waals surface area contributed by atoms with E-state index in [9.17, 15) is 18.3 Å². The van der Waals surface area contributed by atoms with Gasteiger partial charge in [-0.25, -0.2) is 9.97 Å². The summed E-state index contributed by atoms with van der Waals surface area (Å²) in [5.74, 6) is 0.749. The first-order chi connectivity index (χ1) is 15.7. The third-order valence-electron chi connectivity index (χ3n) is 6.50. The highest BCUT2D eigenvalue weighted by atomic mass is 35.5. The minimum Gasteiger partial charge on any atom is -0.394 e. The highest BCUT2D eigenvalue weighted by Gasteiger charge is 2.62. The second-order valence-corrected chi connectivity index (χ2v) is 9.12. The van der Waals surface area contributed by atoms with Gasteiger partial charge in [-0.05, 0) is 32.3 Å². The third-order valence-corrected chi connectivity index (χ3v) is 6.78. The number of hydrogen-bond acceptors (Lipinski definition) is 6. The van der Waals surface area contributed by atoms with Gasteiger partial charge in [-0.2, -0.15) is 13.2 Å². The zero-order valence-corrected chi connectivity index (χ0v) is 18.7. The Morgan fingerprint density at radius 2 is 2.03 bits per heavy atom. The van der Waals surface area contributed by atoms with Gasteiger partial charge in [0.2, 0.25) is 5.95 Å². The monoisotopic (exact) mass is 481 g/mol. The van der Waals surface area contributed by atoms with E-state index in [1.807, 2.05) is 16.8 Å². The number of nitrogens with zero attached hydrogens (tertiary/aromatic N) is 6. The molecule has 0 radical (unpaired) electrons. The summed E-state index contributed by atoms with van der Waals surface area (Å²) in [6.45, 7) is 2.75. The van der Waals surface area contributed by atoms with E-state index < -0.39 is 11.6 Å². The van der Waals surface area contributed by atoms with E-state index in [1.54, 1.807) is 11.5 Å². The first kappa shape index (κ1) is 22.1. The predicted octanol–water partition coefficient (Wildman–Crippen LogP) is 4.04. The number of aliphatic hydroxyl groups excluding tert-OH is 1. The quantitative estimate of drug-likeness (QED) is 0.571. The molecule has 2 aliphatic rings. The van der Waals surface area contributed by atoms with E-state index in [2.05, 4.69) is 25.5 Å². The van der Waals surface area contributed by atoms with Crippen LogP contribution in [0.25, 0.3) is 22.8 Å². The number of fused-ring (bicyclic) bond motifs is 3. The van der Waals surface area contributed by atoms with Crippen molar-refractivity contribution < 1.29 is 18.3 Å². The van der Waals surface area contributed by atoms with Crippen molar-refractivity contribution in [1.82, 2.24) is 29.3 Å². The maximum atomic E-state index is 14.0. The second-order valence-electron chi connectivity index (χ2n) is 8.71. The molecule has 3 aromatic heterocycles. The van der Waals surface area contributed by atoms with E-state index >= 15 is 0 Å². The van der Waals surface area contributed by atoms with Gasteiger partial charge >= 0.3 is 6.18 Å². The van der Waals surface area contributed by atoms with Gasteiger partial charge in [-0.3, -0.25) is 0 Å². The van der Waals surface area contributed by atoms with E-state index in [0.717, 1.165) is 0 Å². The van der Waals surface area contributed by atoms with Gasteiger partial charge in [-0.1, -0.05) is 18.0 Å². The molecule has 12 heteroatoms. The van der Waals surface area contributed by atoms with Crippen LogP contribution in [0.15, 0.2) is 18.5 Å². The molecule has 0 saturated heterocycles. The first-order valence-corrected chi connectivity index (χ1v) is 11.2. The lowest BCUT2D eigenvalue weighted by atomic mass is 9.67. The Labute approximate surface area is 192 Å². The van der Waals surface area contributed by atoms with Crippen LogP contribution >= 0.6 is 11.6 Å². The maximum Gasteiger partial charge on any atom is 0.401 e. The Hall–Kier alpha value is -2.66. The van der Waals surface area contributed by atoms with Crippen LogP contribution in [0.5, 0.6) is 0 Å². The molecule has 1 atom stereocenters. The van der Waals surface area contributed by atoms with Gasteiger partial charge in [0, 0.05) is 30.9 Å². The first-order valence-electron chi connectivity index (χ1n) is 10.8. The average Bonchev–Trinajstić information content (AvgIpc) is 3.28. The van der Waals surface area contributed by atoms with Gasteiger partial charge < -0.3 is 19.6 Å². The van der Waals surface area contributed by atoms with Crippen molar-refractivity contribution in [3.63, 3.8) is 0 Å². The molecule has 1 fully saturated rings. The minimum absolute atomic E-state index is 0.0111. The number of hydrogen-bond donors (Lipinski definition) is 2. The van der Waals surface area contributed by atoms with Crippen LogP contribution in [-0.4, -0.2) is 53.2 Å². The largest absolute Gasteiger partial charge is 0.401 e. The van der Waals surface area contributed by atoms with Gasteiger partial charge in [0.25, 0.3) is 0 Å². The van der Waals surface area contributed by atoms with Crippen molar-refractivity contribution in [2.45, 2.75) is 63.3 Å². The molecule has 4 heterocycles. The Kier molecular flexibility index (Phi) is 5.36. The normalized spacial score (nSPS) is 18.1. The molecular weight excluding hydrogens is 459 g/mol. The lowest BCUT2D eigenvalue weighted by Crippen LogP contribution is -2.49. The Bertz CT molecular complexity index is 1190. The van der Waals surface area contributed by atoms with Crippen molar-refractivity contribution >= 4 is 17.5 Å². The Morgan fingerprint density at radius 1 is 1.24 bits per heavy atom. The number of anilines is 1. The van der Waals surface area contributed by atoms with Crippen LogP contribution in [-0.2, 0) is 18.5 Å². The molecule has 1 aliphatic heterocycles. The Morgan fingerprint density at radius 3 is 2.70 bits per heavy atom. The number of aliphatic hydroxyl groups is 1. The van der Waals surface area contributed by atoms with E-state index in [-0.39, 0.29) is 31.3 Å². The van der Waals surface area contributed by atoms with Crippen molar-refractivity contribution in [2.24, 2.45) is 0 Å². The predicted molar refractivity (Wildman–Crippen MR) is 116 cm³/mol. The van der Waals surface area contributed by atoms with E-state index in [4.69, 9.17) is 11.6 Å². The highest BCUT2D eigenvalue weighted by Crippen LogP contribution is 2.54. The molecule has 1 aliphatic carbocycles. The average molecular weight is 482 g/mol. The van der Waals surface area contributed by atoms with Gasteiger partial charge in [-0.15, -0.1) is 10.2 Å². The molecule has 0 spiro atoms. The molecule has 176 valence electrons. The van der Waals surface area contributed by atoms with Gasteiger partial charge in [0.1, 0.15) is 11.2 Å². The lowest BCUT2D eigenvalue weighted by Gasteiger charge is -2.42. The van der Waals surface area contributed by atoms with Crippen LogP contribution in [0.3, 0.4) is 0 Å². The molecule has 2 N–H and O–H groups in total. The number of rotatable bonds is 5. The molecular formula is C21H23ClF3N7O. The summed E-state index contributed by atoms with van der Waals surface area (Å²) < 4.78 is 45.5. The smallest absolute Gasteiger partial charge is 0.394 e. The SMILES string of the molecule is C[C@@H](CO)Nc1ncc(Cl)c(-c2cc3n(c2)CCCn2c-3nnc2C2(C(F)(F)F)CCC2)n1. The molecule has 0 bridgehead atoms. The standard InChI is InChI=1S/C21H23ClF3N7O/c1-12(11-33)27-19-26-9-14(22)16(28-19)13-8-15-17-29-30-18(20(4-2-5-20)21(23,24)25)32(17)7-3-6-31(15)10-13/h8-10,12,33H,2-7,11H2,1H3,(H,26,27,28)/t12-/m0/s1. The van der Waals surface area contributed by atoms with Gasteiger partial charge in [0.15, 0.2) is 5.82 Å². The molecule has 1 saturated carbocycles. The number of halogens is 4. The Balaban J connectivity index is 1.56. The van der Waals surface area contributed by atoms with Crippen molar-refractivity contribution in [3.05, 3.63) is 29.3 Å². The van der Waals surface area contributed by atoms with E-state index in [1.165, 1.54) is 6.20 Å². The van der Waals surface area contributed by atoms with Crippen LogP contribution in [0.4, 0.5) is 19.1 Å². The summed E-state index contributed by atoms with van der Waals surface area (Å²) in [6.07, 6.45) is 0.237. The third kappa shape index (κ3) is 3.57. The zero-order valence-electron chi connectivity index (χ0n) is 17.9. The molecule has 5 rings (SSSR count). The molecule has 8 nitrogen and oxygen atoms in total. The summed E-state index contributed by atoms with van der Waals surface area (Å²) in [6, 6.07) is 1.58. The zero-order chi connectivity index (χ0) is 23.4. The molecule has 0 unspecified atom stereocenters. The fourth-order valence-electron chi connectivity index (χ4n) is 4.54. The molecule has 3 aromatic rings. The topological polar surface area (TPSA) is 93.7 Å². The summed E-state index contributed by atoms with van der Waals surface area (Å²) in [7, 11) is 0. The molecule has 0 amide bonds. The number of aromatic nitrogens is 6. The van der Waals surface area contributed by atoms with Crippen molar-refractivity contribution in [2.75, 3.05) is 11.9 Å². The minimum atomic E-state index is -4.36. The number of aryl methyl sites for hydroxylation is 1. The highest BCUT2D eigenvalue weighted by molar-refractivity contribution is 6.32.